The van der Waals surface area contributed by atoms with Crippen molar-refractivity contribution >= 4 is 11.6 Å². The van der Waals surface area contributed by atoms with Gasteiger partial charge in [0.25, 0.3) is 17.9 Å². The van der Waals surface area contributed by atoms with Gasteiger partial charge in [0.05, 0.1) is 17.7 Å². The molecule has 0 atom stereocenters. The number of carbonyl (C=O) groups excluding carboxylic acids is 1. The van der Waals surface area contributed by atoms with Crippen LogP contribution in [0.15, 0.2) is 14.6 Å². The number of unbranched alkanes of at least 4 members (excludes halogenated alkanes) is 1. The van der Waals surface area contributed by atoms with E-state index in [0.29, 0.717) is 6.42 Å². The van der Waals surface area contributed by atoms with Crippen LogP contribution in [0.2, 0.25) is 0 Å². The van der Waals surface area contributed by atoms with Crippen LogP contribution >= 0.6 is 0 Å². The highest BCUT2D eigenvalue weighted by Crippen LogP contribution is 2.17. The van der Waals surface area contributed by atoms with E-state index in [9.17, 15) is 23.2 Å². The fourth-order valence-electron chi connectivity index (χ4n) is 2.34. The zero-order chi connectivity index (χ0) is 15.7. The molecule has 6 nitrogen and oxygen atoms in total. The van der Waals surface area contributed by atoms with Crippen LogP contribution in [0, 0.1) is 0 Å². The molecule has 1 aromatic heterocycles. The number of hydrogen-bond acceptors (Lipinski definition) is 3. The first kappa shape index (κ1) is 15.3. The summed E-state index contributed by atoms with van der Waals surface area (Å²) in [5.74, 6) is -0.796. The highest BCUT2D eigenvalue weighted by Gasteiger charge is 2.31. The van der Waals surface area contributed by atoms with E-state index in [1.807, 2.05) is 6.92 Å². The van der Waals surface area contributed by atoms with Crippen molar-refractivity contribution in [2.75, 3.05) is 0 Å². The highest BCUT2D eigenvalue weighted by molar-refractivity contribution is 6.11. The van der Waals surface area contributed by atoms with Crippen LogP contribution < -0.4 is 11.2 Å². The zero-order valence-corrected chi connectivity index (χ0v) is 11.7. The molecule has 1 amide bonds. The Morgan fingerprint density at radius 1 is 1.29 bits per heavy atom. The second kappa shape index (κ2) is 5.71. The normalized spacial score (nSPS) is 14.3. The highest BCUT2D eigenvalue weighted by atomic mass is 19.3. The Morgan fingerprint density at radius 3 is 2.52 bits per heavy atom. The Kier molecular flexibility index (Phi) is 4.15. The molecule has 1 aliphatic rings. The molecular formula is C13H15F2N3O3. The number of nitrogens with zero attached hydrogens (tertiary/aromatic N) is 3. The predicted octanol–water partition coefficient (Wildman–Crippen LogP) is 0.484. The molecule has 0 bridgehead atoms. The molecule has 0 radical (unpaired) electrons. The summed E-state index contributed by atoms with van der Waals surface area (Å²) in [5.41, 5.74) is -2.44. The number of amides is 1. The maximum absolute atomic E-state index is 13.1. The standard InChI is InChI=1S/C13H15F2N3O3/c1-3-4-5-18-10-7(12(20)17(2)13(18)21)6-8(19)16-9(10)11(14)15/h11H,3-6H2,1-2H3. The summed E-state index contributed by atoms with van der Waals surface area (Å²) >= 11 is 0. The van der Waals surface area contributed by atoms with Crippen LogP contribution in [0.4, 0.5) is 8.78 Å². The summed E-state index contributed by atoms with van der Waals surface area (Å²) in [4.78, 5) is 39.0. The monoisotopic (exact) mass is 299 g/mol. The molecule has 1 aromatic rings. The number of aliphatic imine (C=N–C) groups is 1. The lowest BCUT2D eigenvalue weighted by Crippen LogP contribution is -2.46. The van der Waals surface area contributed by atoms with Crippen LogP contribution in [0.5, 0.6) is 0 Å². The van der Waals surface area contributed by atoms with Crippen molar-refractivity contribution in [1.29, 1.82) is 0 Å². The molecule has 0 fully saturated rings. The van der Waals surface area contributed by atoms with Gasteiger partial charge in [0.1, 0.15) is 5.71 Å². The average Bonchev–Trinajstić information content (AvgIpc) is 2.44. The summed E-state index contributed by atoms with van der Waals surface area (Å²) in [6.45, 7) is 2.09. The van der Waals surface area contributed by atoms with Crippen LogP contribution in [-0.2, 0) is 24.8 Å². The van der Waals surface area contributed by atoms with E-state index >= 15 is 0 Å². The number of alkyl halides is 2. The topological polar surface area (TPSA) is 73.4 Å². The van der Waals surface area contributed by atoms with Gasteiger partial charge in [-0.25, -0.2) is 18.6 Å². The van der Waals surface area contributed by atoms with Gasteiger partial charge in [0.15, 0.2) is 0 Å². The molecule has 0 unspecified atom stereocenters. The quantitative estimate of drug-likeness (QED) is 0.812. The van der Waals surface area contributed by atoms with Crippen molar-refractivity contribution in [2.24, 2.45) is 12.0 Å². The number of halogens is 2. The Bertz CT molecular complexity index is 731. The predicted molar refractivity (Wildman–Crippen MR) is 72.1 cm³/mol. The van der Waals surface area contributed by atoms with Gasteiger partial charge in [-0.1, -0.05) is 13.3 Å². The SMILES string of the molecule is CCCCn1c2c(c(=O)n(C)c1=O)CC(=O)N=C2C(F)F. The van der Waals surface area contributed by atoms with E-state index in [-0.39, 0.29) is 24.2 Å². The van der Waals surface area contributed by atoms with Crippen molar-refractivity contribution in [2.45, 2.75) is 39.2 Å². The van der Waals surface area contributed by atoms with Crippen molar-refractivity contribution in [1.82, 2.24) is 9.13 Å². The number of hydrogen-bond donors (Lipinski definition) is 0. The Labute approximate surface area is 118 Å². The van der Waals surface area contributed by atoms with Crippen molar-refractivity contribution in [3.05, 3.63) is 32.1 Å². The molecule has 0 saturated heterocycles. The first-order valence-electron chi connectivity index (χ1n) is 6.61. The third-order valence-electron chi connectivity index (χ3n) is 3.39. The van der Waals surface area contributed by atoms with Crippen LogP contribution in [0.25, 0.3) is 0 Å². The lowest BCUT2D eigenvalue weighted by Gasteiger charge is -2.21. The Morgan fingerprint density at radius 2 is 1.95 bits per heavy atom. The van der Waals surface area contributed by atoms with Gasteiger partial charge in [-0.2, -0.15) is 0 Å². The van der Waals surface area contributed by atoms with E-state index in [0.717, 1.165) is 15.6 Å². The Hall–Kier alpha value is -2.12. The van der Waals surface area contributed by atoms with Crippen molar-refractivity contribution < 1.29 is 13.6 Å². The Balaban J connectivity index is 2.81. The van der Waals surface area contributed by atoms with Gasteiger partial charge >= 0.3 is 5.69 Å². The van der Waals surface area contributed by atoms with Crippen LogP contribution in [-0.4, -0.2) is 27.2 Å². The van der Waals surface area contributed by atoms with E-state index in [1.165, 1.54) is 7.05 Å². The molecule has 2 heterocycles. The van der Waals surface area contributed by atoms with E-state index < -0.39 is 29.3 Å². The van der Waals surface area contributed by atoms with Crippen LogP contribution in [0.3, 0.4) is 0 Å². The largest absolute Gasteiger partial charge is 0.331 e. The van der Waals surface area contributed by atoms with E-state index in [4.69, 9.17) is 0 Å². The fourth-order valence-corrected chi connectivity index (χ4v) is 2.34. The van der Waals surface area contributed by atoms with E-state index in [2.05, 4.69) is 4.99 Å². The second-order valence-corrected chi connectivity index (χ2v) is 4.85. The minimum absolute atomic E-state index is 0.0801. The molecule has 2 rings (SSSR count). The molecule has 1 aliphatic heterocycles. The molecule has 21 heavy (non-hydrogen) atoms. The molecular weight excluding hydrogens is 284 g/mol. The first-order chi connectivity index (χ1) is 9.88. The molecule has 0 N–H and O–H groups in total. The summed E-state index contributed by atoms with van der Waals surface area (Å²) in [6.07, 6.45) is -2.03. The molecule has 0 aliphatic carbocycles. The number of rotatable bonds is 4. The summed E-state index contributed by atoms with van der Waals surface area (Å²) in [6, 6.07) is 0. The molecule has 0 saturated carbocycles. The number of fused-ring (bicyclic) bond motifs is 1. The van der Waals surface area contributed by atoms with Gasteiger partial charge < -0.3 is 0 Å². The molecule has 8 heteroatoms. The average molecular weight is 299 g/mol. The number of carbonyl (C=O) groups is 1. The minimum atomic E-state index is -3.02. The van der Waals surface area contributed by atoms with Crippen molar-refractivity contribution in [3.63, 3.8) is 0 Å². The summed E-state index contributed by atoms with van der Waals surface area (Å²) < 4.78 is 28.2. The minimum Gasteiger partial charge on any atom is -0.291 e. The maximum Gasteiger partial charge on any atom is 0.331 e. The fraction of sp³-hybridized carbons (Fsp3) is 0.538. The van der Waals surface area contributed by atoms with Gasteiger partial charge in [-0.15, -0.1) is 0 Å². The number of aromatic nitrogens is 2. The van der Waals surface area contributed by atoms with Gasteiger partial charge in [0, 0.05) is 13.6 Å². The van der Waals surface area contributed by atoms with Crippen LogP contribution in [0.1, 0.15) is 31.0 Å². The smallest absolute Gasteiger partial charge is 0.291 e. The van der Waals surface area contributed by atoms with Gasteiger partial charge in [-0.3, -0.25) is 18.7 Å². The third-order valence-corrected chi connectivity index (χ3v) is 3.39. The zero-order valence-electron chi connectivity index (χ0n) is 11.7. The third kappa shape index (κ3) is 2.57. The lowest BCUT2D eigenvalue weighted by molar-refractivity contribution is -0.117. The summed E-state index contributed by atoms with van der Waals surface area (Å²) in [7, 11) is 1.27. The lowest BCUT2D eigenvalue weighted by atomic mass is 10.0. The summed E-state index contributed by atoms with van der Waals surface area (Å²) in [5, 5.41) is 0. The molecule has 0 aromatic carbocycles. The molecule has 0 spiro atoms. The second-order valence-electron chi connectivity index (χ2n) is 4.85. The van der Waals surface area contributed by atoms with E-state index in [1.54, 1.807) is 0 Å². The first-order valence-corrected chi connectivity index (χ1v) is 6.61. The van der Waals surface area contributed by atoms with Gasteiger partial charge in [0.2, 0.25) is 0 Å². The van der Waals surface area contributed by atoms with Crippen molar-refractivity contribution in [3.8, 4) is 0 Å². The van der Waals surface area contributed by atoms with Gasteiger partial charge in [-0.05, 0) is 6.42 Å². The molecule has 114 valence electrons. The maximum atomic E-state index is 13.1.